The van der Waals surface area contributed by atoms with Gasteiger partial charge in [-0.05, 0) is 26.0 Å². The molecule has 0 saturated heterocycles. The number of carbonyl (C=O) groups excluding carboxylic acids is 1. The Labute approximate surface area is 110 Å². The number of hydrogen-bond acceptors (Lipinski definition) is 5. The van der Waals surface area contributed by atoms with Crippen LogP contribution in [-0.2, 0) is 4.74 Å². The Hall–Kier alpha value is -2.15. The van der Waals surface area contributed by atoms with Gasteiger partial charge in [0, 0.05) is 25.3 Å². The van der Waals surface area contributed by atoms with Crippen molar-refractivity contribution in [3.8, 4) is 0 Å². The van der Waals surface area contributed by atoms with E-state index in [1.807, 2.05) is 13.8 Å². The molecule has 19 heavy (non-hydrogen) atoms. The topological polar surface area (TPSA) is 107 Å². The van der Waals surface area contributed by atoms with Crippen LogP contribution in [0.25, 0.3) is 0 Å². The molecular formula is C12H17N3O4. The Morgan fingerprint density at radius 3 is 2.63 bits per heavy atom. The number of anilines is 1. The van der Waals surface area contributed by atoms with Crippen LogP contribution < -0.4 is 11.1 Å². The first-order chi connectivity index (χ1) is 8.76. The van der Waals surface area contributed by atoms with E-state index in [1.165, 1.54) is 18.2 Å². The molecule has 0 aromatic heterocycles. The number of nitrogens with zero attached hydrogens (tertiary/aromatic N) is 1. The largest absolute Gasteiger partial charge is 0.393 e. The van der Waals surface area contributed by atoms with E-state index < -0.39 is 10.5 Å². The first-order valence-corrected chi connectivity index (χ1v) is 5.64. The smallest absolute Gasteiger partial charge is 0.292 e. The number of nitro benzene ring substituents is 1. The maximum absolute atomic E-state index is 11.8. The molecule has 1 rings (SSSR count). The van der Waals surface area contributed by atoms with Crippen molar-refractivity contribution in [2.45, 2.75) is 19.4 Å². The number of ether oxygens (including phenoxy) is 1. The summed E-state index contributed by atoms with van der Waals surface area (Å²) in [7, 11) is 1.55. The first-order valence-electron chi connectivity index (χ1n) is 5.64. The zero-order valence-electron chi connectivity index (χ0n) is 11.1. The normalized spacial score (nSPS) is 11.1. The lowest BCUT2D eigenvalue weighted by Crippen LogP contribution is -2.39. The summed E-state index contributed by atoms with van der Waals surface area (Å²) in [6, 6.07) is 3.86. The molecule has 0 heterocycles. The molecule has 1 aromatic rings. The third-order valence-corrected chi connectivity index (χ3v) is 2.71. The predicted octanol–water partition coefficient (Wildman–Crippen LogP) is 1.33. The number of benzene rings is 1. The molecule has 0 aliphatic heterocycles. The number of hydrogen-bond donors (Lipinski definition) is 2. The number of amides is 1. The van der Waals surface area contributed by atoms with E-state index >= 15 is 0 Å². The van der Waals surface area contributed by atoms with E-state index in [2.05, 4.69) is 5.32 Å². The van der Waals surface area contributed by atoms with E-state index in [-0.39, 0.29) is 22.8 Å². The van der Waals surface area contributed by atoms with Gasteiger partial charge in [-0.3, -0.25) is 14.9 Å². The Balaban J connectivity index is 2.79. The van der Waals surface area contributed by atoms with E-state index in [0.29, 0.717) is 6.54 Å². The van der Waals surface area contributed by atoms with Crippen molar-refractivity contribution in [3.05, 3.63) is 33.9 Å². The van der Waals surface area contributed by atoms with Crippen LogP contribution in [0, 0.1) is 10.1 Å². The fraction of sp³-hybridized carbons (Fsp3) is 0.417. The van der Waals surface area contributed by atoms with Gasteiger partial charge in [0.05, 0.1) is 10.5 Å². The van der Waals surface area contributed by atoms with Gasteiger partial charge in [0.25, 0.3) is 11.6 Å². The molecule has 7 heteroatoms. The molecule has 0 fully saturated rings. The Morgan fingerprint density at radius 1 is 1.53 bits per heavy atom. The van der Waals surface area contributed by atoms with Crippen molar-refractivity contribution < 1.29 is 14.5 Å². The molecule has 1 amide bonds. The minimum Gasteiger partial charge on any atom is -0.393 e. The first kappa shape index (κ1) is 14.9. The molecule has 0 bridgehead atoms. The second-order valence-electron chi connectivity index (χ2n) is 4.68. The van der Waals surface area contributed by atoms with Gasteiger partial charge < -0.3 is 15.8 Å². The summed E-state index contributed by atoms with van der Waals surface area (Å²) in [6.07, 6.45) is 0. The predicted molar refractivity (Wildman–Crippen MR) is 70.9 cm³/mol. The molecule has 0 unspecified atom stereocenters. The maximum Gasteiger partial charge on any atom is 0.292 e. The number of nitrogen functional groups attached to an aromatic ring is 1. The van der Waals surface area contributed by atoms with E-state index in [9.17, 15) is 14.9 Å². The average Bonchev–Trinajstić information content (AvgIpc) is 2.35. The Bertz CT molecular complexity index is 500. The number of nitrogens with one attached hydrogen (secondary N) is 1. The number of nitro groups is 1. The van der Waals surface area contributed by atoms with Crippen molar-refractivity contribution in [1.29, 1.82) is 0 Å². The van der Waals surface area contributed by atoms with Gasteiger partial charge in [-0.25, -0.2) is 0 Å². The zero-order chi connectivity index (χ0) is 14.6. The minimum absolute atomic E-state index is 0.0383. The van der Waals surface area contributed by atoms with Crippen LogP contribution in [0.15, 0.2) is 18.2 Å². The fourth-order valence-corrected chi connectivity index (χ4v) is 1.33. The van der Waals surface area contributed by atoms with Crippen molar-refractivity contribution in [2.75, 3.05) is 19.4 Å². The lowest BCUT2D eigenvalue weighted by atomic mass is 10.1. The van der Waals surface area contributed by atoms with Crippen molar-refractivity contribution in [1.82, 2.24) is 5.32 Å². The molecular weight excluding hydrogens is 250 g/mol. The monoisotopic (exact) mass is 267 g/mol. The van der Waals surface area contributed by atoms with E-state index in [1.54, 1.807) is 7.11 Å². The van der Waals surface area contributed by atoms with E-state index in [4.69, 9.17) is 10.5 Å². The van der Waals surface area contributed by atoms with Gasteiger partial charge >= 0.3 is 0 Å². The second kappa shape index (κ2) is 5.66. The summed E-state index contributed by atoms with van der Waals surface area (Å²) in [5.41, 5.74) is 5.06. The fourth-order valence-electron chi connectivity index (χ4n) is 1.33. The lowest BCUT2D eigenvalue weighted by Gasteiger charge is -2.23. The molecule has 0 spiro atoms. The highest BCUT2D eigenvalue weighted by molar-refractivity contribution is 5.95. The zero-order valence-corrected chi connectivity index (χ0v) is 11.1. The van der Waals surface area contributed by atoms with Crippen LogP contribution in [0.3, 0.4) is 0 Å². The third-order valence-electron chi connectivity index (χ3n) is 2.71. The van der Waals surface area contributed by atoms with Crippen LogP contribution in [0.4, 0.5) is 11.4 Å². The summed E-state index contributed by atoms with van der Waals surface area (Å²) < 4.78 is 5.17. The molecule has 104 valence electrons. The van der Waals surface area contributed by atoms with E-state index in [0.717, 1.165) is 0 Å². The highest BCUT2D eigenvalue weighted by Crippen LogP contribution is 2.22. The van der Waals surface area contributed by atoms with Crippen molar-refractivity contribution in [3.63, 3.8) is 0 Å². The molecule has 0 radical (unpaired) electrons. The summed E-state index contributed by atoms with van der Waals surface area (Å²) in [6.45, 7) is 3.98. The second-order valence-corrected chi connectivity index (χ2v) is 4.68. The number of methoxy groups -OCH3 is 1. The van der Waals surface area contributed by atoms with Crippen LogP contribution in [0.5, 0.6) is 0 Å². The summed E-state index contributed by atoms with van der Waals surface area (Å²) in [4.78, 5) is 21.9. The minimum atomic E-state index is -0.592. The van der Waals surface area contributed by atoms with Gasteiger partial charge in [0.15, 0.2) is 0 Å². The quantitative estimate of drug-likeness (QED) is 0.475. The summed E-state index contributed by atoms with van der Waals surface area (Å²) >= 11 is 0. The highest BCUT2D eigenvalue weighted by Gasteiger charge is 2.19. The maximum atomic E-state index is 11.8. The lowest BCUT2D eigenvalue weighted by molar-refractivity contribution is -0.383. The average molecular weight is 267 g/mol. The standard InChI is InChI=1S/C12H17N3O4/c1-12(2,19-3)7-14-11(16)8-4-5-10(15(17)18)9(13)6-8/h4-6H,7,13H2,1-3H3,(H,14,16). The molecule has 3 N–H and O–H groups in total. The van der Waals surface area contributed by atoms with Gasteiger partial charge in [0.2, 0.25) is 0 Å². The number of carbonyl (C=O) groups is 1. The molecule has 7 nitrogen and oxygen atoms in total. The summed E-state index contributed by atoms with van der Waals surface area (Å²) in [5.74, 6) is -0.355. The molecule has 0 aliphatic rings. The molecule has 0 saturated carbocycles. The summed E-state index contributed by atoms with van der Waals surface area (Å²) in [5, 5.41) is 13.3. The van der Waals surface area contributed by atoms with Crippen LogP contribution >= 0.6 is 0 Å². The van der Waals surface area contributed by atoms with Crippen LogP contribution in [0.2, 0.25) is 0 Å². The van der Waals surface area contributed by atoms with Gasteiger partial charge in [-0.2, -0.15) is 0 Å². The van der Waals surface area contributed by atoms with Gasteiger partial charge in [-0.15, -0.1) is 0 Å². The van der Waals surface area contributed by atoms with Crippen molar-refractivity contribution in [2.24, 2.45) is 0 Å². The Morgan fingerprint density at radius 2 is 2.16 bits per heavy atom. The number of nitrogens with two attached hydrogens (primary N) is 1. The van der Waals surface area contributed by atoms with Crippen LogP contribution in [-0.4, -0.2) is 30.1 Å². The highest BCUT2D eigenvalue weighted by atomic mass is 16.6. The third kappa shape index (κ3) is 3.92. The SMILES string of the molecule is COC(C)(C)CNC(=O)c1ccc([N+](=O)[O-])c(N)c1. The van der Waals surface area contributed by atoms with Gasteiger partial charge in [0.1, 0.15) is 5.69 Å². The molecule has 0 atom stereocenters. The molecule has 0 aliphatic carbocycles. The molecule has 1 aromatic carbocycles. The Kier molecular flexibility index (Phi) is 4.44. The van der Waals surface area contributed by atoms with Gasteiger partial charge in [-0.1, -0.05) is 0 Å². The number of rotatable bonds is 5. The van der Waals surface area contributed by atoms with Crippen molar-refractivity contribution >= 4 is 17.3 Å². The van der Waals surface area contributed by atoms with Crippen LogP contribution in [0.1, 0.15) is 24.2 Å².